The highest BCUT2D eigenvalue weighted by Gasteiger charge is 2.04. The third kappa shape index (κ3) is 4.54. The minimum Gasteiger partial charge on any atom is -0.325 e. The Kier molecular flexibility index (Phi) is 5.38. The molecular weight excluding hydrogens is 296 g/mol. The second-order valence-corrected chi connectivity index (χ2v) is 5.58. The van der Waals surface area contributed by atoms with Crippen LogP contribution in [0.2, 0.25) is 0 Å². The lowest BCUT2D eigenvalue weighted by Crippen LogP contribution is -2.27. The monoisotopic (exact) mass is 316 g/mol. The van der Waals surface area contributed by atoms with Gasteiger partial charge in [-0.15, -0.1) is 0 Å². The second kappa shape index (κ2) is 8.09. The van der Waals surface area contributed by atoms with Crippen LogP contribution in [0.25, 0.3) is 11.1 Å². The van der Waals surface area contributed by atoms with E-state index >= 15 is 0 Å². The first-order valence-electron chi connectivity index (χ1n) is 8.01. The van der Waals surface area contributed by atoms with E-state index in [1.54, 1.807) is 0 Å². The highest BCUT2D eigenvalue weighted by Crippen LogP contribution is 2.22. The lowest BCUT2D eigenvalue weighted by atomic mass is 10.1. The summed E-state index contributed by atoms with van der Waals surface area (Å²) in [6, 6.07) is 28.1. The van der Waals surface area contributed by atoms with E-state index in [2.05, 4.69) is 22.8 Å². The predicted molar refractivity (Wildman–Crippen MR) is 98.7 cm³/mol. The quantitative estimate of drug-likeness (QED) is 0.719. The summed E-state index contributed by atoms with van der Waals surface area (Å²) in [6.07, 6.45) is 0. The molecule has 0 heterocycles. The van der Waals surface area contributed by atoms with Crippen molar-refractivity contribution in [3.63, 3.8) is 0 Å². The molecule has 0 saturated heterocycles. The van der Waals surface area contributed by atoms with E-state index in [9.17, 15) is 4.79 Å². The van der Waals surface area contributed by atoms with Crippen molar-refractivity contribution in [2.24, 2.45) is 0 Å². The van der Waals surface area contributed by atoms with Crippen LogP contribution in [-0.2, 0) is 11.3 Å². The van der Waals surface area contributed by atoms with Crippen LogP contribution in [0.15, 0.2) is 84.9 Å². The van der Waals surface area contributed by atoms with E-state index in [0.717, 1.165) is 22.4 Å². The van der Waals surface area contributed by atoms with Crippen molar-refractivity contribution in [3.05, 3.63) is 90.5 Å². The zero-order valence-corrected chi connectivity index (χ0v) is 13.4. The van der Waals surface area contributed by atoms with Crippen molar-refractivity contribution < 1.29 is 4.79 Å². The summed E-state index contributed by atoms with van der Waals surface area (Å²) in [6.45, 7) is 0.961. The number of hydrogen-bond acceptors (Lipinski definition) is 2. The first-order valence-corrected chi connectivity index (χ1v) is 8.01. The molecule has 3 aromatic carbocycles. The normalized spacial score (nSPS) is 10.3. The topological polar surface area (TPSA) is 41.1 Å². The van der Waals surface area contributed by atoms with Crippen LogP contribution in [0, 0.1) is 0 Å². The molecule has 0 saturated carbocycles. The van der Waals surface area contributed by atoms with Crippen LogP contribution in [0.4, 0.5) is 5.69 Å². The van der Waals surface area contributed by atoms with Crippen LogP contribution in [0.3, 0.4) is 0 Å². The maximum atomic E-state index is 12.1. The zero-order valence-electron chi connectivity index (χ0n) is 13.4. The molecule has 0 spiro atoms. The van der Waals surface area contributed by atoms with Crippen molar-refractivity contribution in [2.75, 3.05) is 11.9 Å². The van der Waals surface area contributed by atoms with Crippen molar-refractivity contribution in [1.29, 1.82) is 0 Å². The Bertz CT molecular complexity index is 785. The van der Waals surface area contributed by atoms with Gasteiger partial charge in [0.05, 0.1) is 6.54 Å². The SMILES string of the molecule is O=C(CNCc1ccccc1)Nc1cccc(-c2ccccc2)c1. The fourth-order valence-corrected chi connectivity index (χ4v) is 2.53. The molecule has 0 fully saturated rings. The molecule has 1 amide bonds. The van der Waals surface area contributed by atoms with Gasteiger partial charge in [0, 0.05) is 12.2 Å². The standard InChI is InChI=1S/C21H20N2O/c24-21(16-22-15-17-8-3-1-4-9-17)23-20-13-7-12-19(14-20)18-10-5-2-6-11-18/h1-14,22H,15-16H2,(H,23,24). The average Bonchev–Trinajstić information content (AvgIpc) is 2.63. The molecule has 0 atom stereocenters. The molecule has 3 rings (SSSR count). The fourth-order valence-electron chi connectivity index (χ4n) is 2.53. The van der Waals surface area contributed by atoms with Gasteiger partial charge in [0.15, 0.2) is 0 Å². The molecule has 3 heteroatoms. The number of anilines is 1. The van der Waals surface area contributed by atoms with Crippen molar-refractivity contribution in [3.8, 4) is 11.1 Å². The van der Waals surface area contributed by atoms with Gasteiger partial charge >= 0.3 is 0 Å². The lowest BCUT2D eigenvalue weighted by molar-refractivity contribution is -0.115. The van der Waals surface area contributed by atoms with Gasteiger partial charge in [-0.2, -0.15) is 0 Å². The van der Waals surface area contributed by atoms with Gasteiger partial charge in [-0.1, -0.05) is 72.8 Å². The lowest BCUT2D eigenvalue weighted by Gasteiger charge is -2.09. The van der Waals surface area contributed by atoms with E-state index in [4.69, 9.17) is 0 Å². The summed E-state index contributed by atoms with van der Waals surface area (Å²) in [5.74, 6) is -0.0452. The Morgan fingerprint density at radius 1 is 0.750 bits per heavy atom. The number of rotatable bonds is 6. The molecule has 0 aromatic heterocycles. The molecule has 0 aliphatic rings. The number of nitrogens with one attached hydrogen (secondary N) is 2. The molecule has 0 unspecified atom stereocenters. The van der Waals surface area contributed by atoms with Crippen LogP contribution in [0.1, 0.15) is 5.56 Å². The summed E-state index contributed by atoms with van der Waals surface area (Å²) < 4.78 is 0. The Hall–Kier alpha value is -2.91. The number of amides is 1. The molecule has 0 aliphatic heterocycles. The Morgan fingerprint density at radius 2 is 1.42 bits per heavy atom. The predicted octanol–water partition coefficient (Wildman–Crippen LogP) is 4.08. The van der Waals surface area contributed by atoms with E-state index < -0.39 is 0 Å². The van der Waals surface area contributed by atoms with Crippen LogP contribution < -0.4 is 10.6 Å². The minimum atomic E-state index is -0.0452. The summed E-state index contributed by atoms with van der Waals surface area (Å²) in [5.41, 5.74) is 4.20. The third-order valence-electron chi connectivity index (χ3n) is 3.71. The molecule has 0 radical (unpaired) electrons. The van der Waals surface area contributed by atoms with Crippen molar-refractivity contribution in [1.82, 2.24) is 5.32 Å². The summed E-state index contributed by atoms with van der Waals surface area (Å²) in [7, 11) is 0. The number of benzene rings is 3. The maximum absolute atomic E-state index is 12.1. The van der Waals surface area contributed by atoms with E-state index in [-0.39, 0.29) is 12.5 Å². The van der Waals surface area contributed by atoms with Gasteiger partial charge in [0.25, 0.3) is 0 Å². The Morgan fingerprint density at radius 3 is 2.17 bits per heavy atom. The van der Waals surface area contributed by atoms with E-state index in [0.29, 0.717) is 6.54 Å². The molecule has 3 aromatic rings. The number of carbonyl (C=O) groups excluding carboxylic acids is 1. The third-order valence-corrected chi connectivity index (χ3v) is 3.71. The molecule has 0 bridgehead atoms. The Balaban J connectivity index is 1.55. The molecule has 24 heavy (non-hydrogen) atoms. The average molecular weight is 316 g/mol. The van der Waals surface area contributed by atoms with Crippen LogP contribution in [0.5, 0.6) is 0 Å². The highest BCUT2D eigenvalue weighted by molar-refractivity contribution is 5.92. The first kappa shape index (κ1) is 16.0. The highest BCUT2D eigenvalue weighted by atomic mass is 16.1. The maximum Gasteiger partial charge on any atom is 0.238 e. The largest absolute Gasteiger partial charge is 0.325 e. The van der Waals surface area contributed by atoms with Crippen LogP contribution in [-0.4, -0.2) is 12.5 Å². The number of carbonyl (C=O) groups is 1. The summed E-state index contributed by atoms with van der Waals surface area (Å²) in [4.78, 5) is 12.1. The summed E-state index contributed by atoms with van der Waals surface area (Å²) >= 11 is 0. The van der Waals surface area contributed by atoms with E-state index in [1.807, 2.05) is 72.8 Å². The van der Waals surface area contributed by atoms with Gasteiger partial charge in [-0.3, -0.25) is 4.79 Å². The molecule has 120 valence electrons. The van der Waals surface area contributed by atoms with Crippen LogP contribution >= 0.6 is 0 Å². The van der Waals surface area contributed by atoms with Gasteiger partial charge < -0.3 is 10.6 Å². The van der Waals surface area contributed by atoms with Gasteiger partial charge in [0.2, 0.25) is 5.91 Å². The zero-order chi connectivity index (χ0) is 16.6. The summed E-state index contributed by atoms with van der Waals surface area (Å²) in [5, 5.41) is 6.09. The van der Waals surface area contributed by atoms with Gasteiger partial charge in [-0.05, 0) is 28.8 Å². The van der Waals surface area contributed by atoms with Gasteiger partial charge in [-0.25, -0.2) is 0 Å². The number of hydrogen-bond donors (Lipinski definition) is 2. The minimum absolute atomic E-state index is 0.0452. The smallest absolute Gasteiger partial charge is 0.238 e. The molecule has 2 N–H and O–H groups in total. The fraction of sp³-hybridized carbons (Fsp3) is 0.0952. The van der Waals surface area contributed by atoms with Crippen molar-refractivity contribution >= 4 is 11.6 Å². The van der Waals surface area contributed by atoms with Gasteiger partial charge in [0.1, 0.15) is 0 Å². The van der Waals surface area contributed by atoms with Crippen molar-refractivity contribution in [2.45, 2.75) is 6.54 Å². The Labute approximate surface area is 142 Å². The molecule has 3 nitrogen and oxygen atoms in total. The molecule has 0 aliphatic carbocycles. The molecular formula is C21H20N2O. The van der Waals surface area contributed by atoms with E-state index in [1.165, 1.54) is 0 Å². The first-order chi connectivity index (χ1) is 11.8. The second-order valence-electron chi connectivity index (χ2n) is 5.58.